The van der Waals surface area contributed by atoms with E-state index in [9.17, 15) is 0 Å². The zero-order chi connectivity index (χ0) is 13.7. The van der Waals surface area contributed by atoms with Crippen LogP contribution in [0.5, 0.6) is 0 Å². The molecule has 0 atom stereocenters. The molecule has 1 aromatic carbocycles. The SMILES string of the molecule is CN=C(N)C(=NC)C(N)=Nc1ccc(Cl)cc1Cl. The molecule has 0 heterocycles. The summed E-state index contributed by atoms with van der Waals surface area (Å²) in [4.78, 5) is 11.9. The van der Waals surface area contributed by atoms with Gasteiger partial charge in [-0.3, -0.25) is 9.98 Å². The lowest BCUT2D eigenvalue weighted by molar-refractivity contribution is 1.39. The minimum atomic E-state index is 0.143. The van der Waals surface area contributed by atoms with E-state index >= 15 is 0 Å². The van der Waals surface area contributed by atoms with E-state index in [-0.39, 0.29) is 11.7 Å². The smallest absolute Gasteiger partial charge is 0.153 e. The van der Waals surface area contributed by atoms with Crippen LogP contribution in [0.15, 0.2) is 33.2 Å². The zero-order valence-electron chi connectivity index (χ0n) is 9.98. The van der Waals surface area contributed by atoms with Crippen LogP contribution >= 0.6 is 23.2 Å². The van der Waals surface area contributed by atoms with Crippen LogP contribution in [0.25, 0.3) is 0 Å². The average Bonchev–Trinajstić information content (AvgIpc) is 2.33. The normalized spacial score (nSPS) is 13.9. The van der Waals surface area contributed by atoms with Gasteiger partial charge in [-0.2, -0.15) is 0 Å². The highest BCUT2D eigenvalue weighted by atomic mass is 35.5. The first-order chi connectivity index (χ1) is 8.49. The largest absolute Gasteiger partial charge is 0.382 e. The van der Waals surface area contributed by atoms with Crippen molar-refractivity contribution in [2.45, 2.75) is 0 Å². The Morgan fingerprint density at radius 1 is 1.06 bits per heavy atom. The van der Waals surface area contributed by atoms with Gasteiger partial charge in [-0.05, 0) is 18.2 Å². The Bertz CT molecular complexity index is 534. The molecule has 0 unspecified atom stereocenters. The first-order valence-electron chi connectivity index (χ1n) is 4.98. The van der Waals surface area contributed by atoms with E-state index in [2.05, 4.69) is 15.0 Å². The van der Waals surface area contributed by atoms with Gasteiger partial charge in [-0.1, -0.05) is 23.2 Å². The van der Waals surface area contributed by atoms with Crippen molar-refractivity contribution in [3.8, 4) is 0 Å². The van der Waals surface area contributed by atoms with Gasteiger partial charge in [0.25, 0.3) is 0 Å². The Morgan fingerprint density at radius 3 is 2.22 bits per heavy atom. The van der Waals surface area contributed by atoms with E-state index < -0.39 is 0 Å². The minimum Gasteiger partial charge on any atom is -0.382 e. The third-order valence-electron chi connectivity index (χ3n) is 2.10. The number of halogens is 2. The standard InChI is InChI=1S/C11H13Cl2N5/c1-16-9(10(14)17-2)11(15)18-8-4-3-6(12)5-7(8)13/h3-5H,1-2H3,(H2,14,17)(H2,15,18). The number of nitrogens with two attached hydrogens (primary N) is 2. The van der Waals surface area contributed by atoms with Gasteiger partial charge in [0, 0.05) is 19.1 Å². The van der Waals surface area contributed by atoms with Crippen molar-refractivity contribution in [2.24, 2.45) is 26.4 Å². The summed E-state index contributed by atoms with van der Waals surface area (Å²) in [6.07, 6.45) is 0. The molecule has 0 aliphatic heterocycles. The van der Waals surface area contributed by atoms with Gasteiger partial charge in [0.1, 0.15) is 11.5 Å². The molecule has 96 valence electrons. The monoisotopic (exact) mass is 285 g/mol. The van der Waals surface area contributed by atoms with Crippen molar-refractivity contribution in [3.63, 3.8) is 0 Å². The van der Waals surface area contributed by atoms with E-state index in [1.807, 2.05) is 0 Å². The summed E-state index contributed by atoms with van der Waals surface area (Å²) in [5.41, 5.74) is 12.3. The summed E-state index contributed by atoms with van der Waals surface area (Å²) in [6.45, 7) is 0. The molecule has 0 aliphatic rings. The Hall–Kier alpha value is -1.59. The van der Waals surface area contributed by atoms with Crippen LogP contribution in [-0.4, -0.2) is 31.5 Å². The fraction of sp³-hybridized carbons (Fsp3) is 0.182. The molecule has 0 spiro atoms. The van der Waals surface area contributed by atoms with Gasteiger partial charge in [-0.25, -0.2) is 4.99 Å². The third-order valence-corrected chi connectivity index (χ3v) is 2.64. The van der Waals surface area contributed by atoms with Gasteiger partial charge in [-0.15, -0.1) is 0 Å². The predicted molar refractivity (Wildman–Crippen MR) is 78.6 cm³/mol. The van der Waals surface area contributed by atoms with Crippen molar-refractivity contribution < 1.29 is 0 Å². The molecular formula is C11H13Cl2N5. The molecule has 0 saturated heterocycles. The second kappa shape index (κ2) is 6.37. The van der Waals surface area contributed by atoms with E-state index in [1.165, 1.54) is 0 Å². The highest BCUT2D eigenvalue weighted by molar-refractivity contribution is 6.67. The molecular weight excluding hydrogens is 273 g/mol. The predicted octanol–water partition coefficient (Wildman–Crippen LogP) is 2.04. The Labute approximate surface area is 115 Å². The van der Waals surface area contributed by atoms with E-state index in [0.29, 0.717) is 21.4 Å². The lowest BCUT2D eigenvalue weighted by atomic mass is 10.3. The number of nitrogens with zero attached hydrogens (tertiary/aromatic N) is 3. The maximum absolute atomic E-state index is 5.99. The van der Waals surface area contributed by atoms with Crippen LogP contribution in [0.4, 0.5) is 5.69 Å². The van der Waals surface area contributed by atoms with Gasteiger partial charge < -0.3 is 11.5 Å². The van der Waals surface area contributed by atoms with Gasteiger partial charge in [0.2, 0.25) is 0 Å². The summed E-state index contributed by atoms with van der Waals surface area (Å²) in [5.74, 6) is 0.355. The second-order valence-corrected chi connectivity index (χ2v) is 4.12. The molecule has 0 aromatic heterocycles. The molecule has 0 saturated carbocycles. The van der Waals surface area contributed by atoms with Gasteiger partial charge >= 0.3 is 0 Å². The average molecular weight is 286 g/mol. The quantitative estimate of drug-likeness (QED) is 0.657. The van der Waals surface area contributed by atoms with E-state index in [1.54, 1.807) is 32.3 Å². The maximum atomic E-state index is 5.99. The Kier molecular flexibility index (Phi) is 5.12. The molecule has 7 heteroatoms. The fourth-order valence-corrected chi connectivity index (χ4v) is 1.67. The van der Waals surface area contributed by atoms with E-state index in [0.717, 1.165) is 0 Å². The molecule has 0 aliphatic carbocycles. The highest BCUT2D eigenvalue weighted by Gasteiger charge is 2.09. The molecule has 0 radical (unpaired) electrons. The number of aliphatic imine (C=N–C) groups is 3. The van der Waals surface area contributed by atoms with Crippen LogP contribution in [0.1, 0.15) is 0 Å². The molecule has 5 nitrogen and oxygen atoms in total. The molecule has 1 aromatic rings. The van der Waals surface area contributed by atoms with E-state index in [4.69, 9.17) is 34.7 Å². The van der Waals surface area contributed by atoms with Crippen LogP contribution in [0.2, 0.25) is 10.0 Å². The maximum Gasteiger partial charge on any atom is 0.153 e. The molecule has 4 N–H and O–H groups in total. The third kappa shape index (κ3) is 3.45. The van der Waals surface area contributed by atoms with Crippen LogP contribution in [-0.2, 0) is 0 Å². The lowest BCUT2D eigenvalue weighted by Gasteiger charge is -2.05. The Balaban J connectivity index is 3.16. The first-order valence-corrected chi connectivity index (χ1v) is 5.74. The van der Waals surface area contributed by atoms with Crippen LogP contribution in [0, 0.1) is 0 Å². The zero-order valence-corrected chi connectivity index (χ0v) is 11.5. The molecule has 0 fully saturated rings. The highest BCUT2D eigenvalue weighted by Crippen LogP contribution is 2.27. The summed E-state index contributed by atoms with van der Waals surface area (Å²) >= 11 is 11.8. The molecule has 0 bridgehead atoms. The van der Waals surface area contributed by atoms with Crippen LogP contribution < -0.4 is 11.5 Å². The van der Waals surface area contributed by atoms with Gasteiger partial charge in [0.15, 0.2) is 5.84 Å². The Morgan fingerprint density at radius 2 is 1.72 bits per heavy atom. The van der Waals surface area contributed by atoms with Gasteiger partial charge in [0.05, 0.1) is 10.7 Å². The molecule has 18 heavy (non-hydrogen) atoms. The van der Waals surface area contributed by atoms with Crippen molar-refractivity contribution in [3.05, 3.63) is 28.2 Å². The topological polar surface area (TPSA) is 89.1 Å². The summed E-state index contributed by atoms with van der Waals surface area (Å²) in [6, 6.07) is 4.90. The summed E-state index contributed by atoms with van der Waals surface area (Å²) < 4.78 is 0. The lowest BCUT2D eigenvalue weighted by Crippen LogP contribution is -2.35. The fourth-order valence-electron chi connectivity index (χ4n) is 1.22. The number of amidine groups is 2. The number of hydrogen-bond donors (Lipinski definition) is 2. The molecule has 1 rings (SSSR count). The van der Waals surface area contributed by atoms with Crippen molar-refractivity contribution in [1.29, 1.82) is 0 Å². The van der Waals surface area contributed by atoms with Crippen LogP contribution in [0.3, 0.4) is 0 Å². The van der Waals surface area contributed by atoms with Crippen molar-refractivity contribution in [1.82, 2.24) is 0 Å². The van der Waals surface area contributed by atoms with Crippen molar-refractivity contribution >= 4 is 46.3 Å². The number of benzene rings is 1. The number of hydrogen-bond acceptors (Lipinski definition) is 3. The second-order valence-electron chi connectivity index (χ2n) is 3.27. The molecule has 0 amide bonds. The minimum absolute atomic E-state index is 0.143. The summed E-state index contributed by atoms with van der Waals surface area (Å²) in [7, 11) is 3.10. The first kappa shape index (κ1) is 14.5. The van der Waals surface area contributed by atoms with Crippen molar-refractivity contribution in [2.75, 3.05) is 14.1 Å². The summed E-state index contributed by atoms with van der Waals surface area (Å²) in [5, 5.41) is 0.921. The number of rotatable bonds is 3.